The second-order valence-electron chi connectivity index (χ2n) is 4.48. The molecule has 0 fully saturated rings. The van der Waals surface area contributed by atoms with Crippen LogP contribution in [-0.4, -0.2) is 17.9 Å². The highest BCUT2D eigenvalue weighted by atomic mass is 16.1. The number of carbonyl (C=O) groups excluding carboxylic acids is 1. The summed E-state index contributed by atoms with van der Waals surface area (Å²) in [5.41, 5.74) is 0.808. The van der Waals surface area contributed by atoms with Gasteiger partial charge in [-0.05, 0) is 46.2 Å². The van der Waals surface area contributed by atoms with Gasteiger partial charge in [0.2, 0.25) is 0 Å². The zero-order valence-electron chi connectivity index (χ0n) is 9.24. The second kappa shape index (κ2) is 5.18. The third kappa shape index (κ3) is 7.72. The normalized spacial score (nSPS) is 11.4. The van der Waals surface area contributed by atoms with Crippen molar-refractivity contribution in [3.8, 4) is 0 Å². The SMILES string of the molecule is C=C(C)C(=O)CCCNC(C)(C)C. The summed E-state index contributed by atoms with van der Waals surface area (Å²) in [6.07, 6.45) is 1.50. The van der Waals surface area contributed by atoms with Crippen molar-refractivity contribution >= 4 is 5.78 Å². The molecule has 0 amide bonds. The van der Waals surface area contributed by atoms with Gasteiger partial charge in [-0.25, -0.2) is 0 Å². The van der Waals surface area contributed by atoms with E-state index in [0.717, 1.165) is 13.0 Å². The minimum Gasteiger partial charge on any atom is -0.312 e. The van der Waals surface area contributed by atoms with E-state index in [0.29, 0.717) is 12.0 Å². The Morgan fingerprint density at radius 1 is 1.38 bits per heavy atom. The summed E-state index contributed by atoms with van der Waals surface area (Å²) in [5, 5.41) is 3.33. The van der Waals surface area contributed by atoms with Gasteiger partial charge in [0.25, 0.3) is 0 Å². The molecule has 13 heavy (non-hydrogen) atoms. The lowest BCUT2D eigenvalue weighted by atomic mass is 10.1. The standard InChI is InChI=1S/C11H21NO/c1-9(2)10(13)7-6-8-12-11(3,4)5/h12H,1,6-8H2,2-5H3. The Morgan fingerprint density at radius 3 is 2.31 bits per heavy atom. The first-order chi connectivity index (χ1) is 5.83. The Kier molecular flexibility index (Phi) is 4.92. The van der Waals surface area contributed by atoms with Crippen molar-refractivity contribution in [3.05, 3.63) is 12.2 Å². The van der Waals surface area contributed by atoms with Crippen LogP contribution in [-0.2, 0) is 4.79 Å². The lowest BCUT2D eigenvalue weighted by molar-refractivity contribution is -0.115. The molecule has 0 aliphatic carbocycles. The van der Waals surface area contributed by atoms with E-state index >= 15 is 0 Å². The molecule has 0 spiro atoms. The molecule has 0 aromatic carbocycles. The molecule has 0 bridgehead atoms. The van der Waals surface area contributed by atoms with Gasteiger partial charge in [0.1, 0.15) is 0 Å². The monoisotopic (exact) mass is 183 g/mol. The van der Waals surface area contributed by atoms with Gasteiger partial charge in [0, 0.05) is 12.0 Å². The van der Waals surface area contributed by atoms with Gasteiger partial charge in [-0.2, -0.15) is 0 Å². The van der Waals surface area contributed by atoms with Crippen LogP contribution in [0.3, 0.4) is 0 Å². The fourth-order valence-corrected chi connectivity index (χ4v) is 0.926. The Bertz CT molecular complexity index is 189. The van der Waals surface area contributed by atoms with Crippen molar-refractivity contribution in [2.24, 2.45) is 0 Å². The van der Waals surface area contributed by atoms with Gasteiger partial charge in [-0.3, -0.25) is 4.79 Å². The molecule has 0 saturated heterocycles. The van der Waals surface area contributed by atoms with Gasteiger partial charge in [0.15, 0.2) is 5.78 Å². The minimum atomic E-state index is 0.145. The third-order valence-electron chi connectivity index (χ3n) is 1.71. The number of hydrogen-bond acceptors (Lipinski definition) is 2. The minimum absolute atomic E-state index is 0.145. The molecule has 2 nitrogen and oxygen atoms in total. The number of allylic oxidation sites excluding steroid dienone is 1. The molecule has 2 heteroatoms. The van der Waals surface area contributed by atoms with E-state index < -0.39 is 0 Å². The van der Waals surface area contributed by atoms with Crippen LogP contribution < -0.4 is 5.32 Å². The summed E-state index contributed by atoms with van der Waals surface area (Å²) in [4.78, 5) is 11.1. The van der Waals surface area contributed by atoms with Crippen LogP contribution in [0, 0.1) is 0 Å². The maximum absolute atomic E-state index is 11.1. The molecule has 0 aliphatic rings. The maximum Gasteiger partial charge on any atom is 0.158 e. The smallest absolute Gasteiger partial charge is 0.158 e. The van der Waals surface area contributed by atoms with Crippen LogP contribution in [0.25, 0.3) is 0 Å². The fourth-order valence-electron chi connectivity index (χ4n) is 0.926. The van der Waals surface area contributed by atoms with Crippen LogP contribution in [0.5, 0.6) is 0 Å². The quantitative estimate of drug-likeness (QED) is 0.523. The molecular weight excluding hydrogens is 162 g/mol. The average Bonchev–Trinajstić information content (AvgIpc) is 1.95. The van der Waals surface area contributed by atoms with Gasteiger partial charge in [-0.1, -0.05) is 6.58 Å². The molecular formula is C11H21NO. The van der Waals surface area contributed by atoms with Crippen LogP contribution in [0.1, 0.15) is 40.5 Å². The summed E-state index contributed by atoms with van der Waals surface area (Å²) in [5.74, 6) is 0.177. The van der Waals surface area contributed by atoms with Gasteiger partial charge < -0.3 is 5.32 Å². The van der Waals surface area contributed by atoms with E-state index in [1.54, 1.807) is 6.92 Å². The van der Waals surface area contributed by atoms with Crippen LogP contribution >= 0.6 is 0 Å². The third-order valence-corrected chi connectivity index (χ3v) is 1.71. The fraction of sp³-hybridized carbons (Fsp3) is 0.727. The molecule has 0 atom stereocenters. The van der Waals surface area contributed by atoms with Crippen LogP contribution in [0.2, 0.25) is 0 Å². The largest absolute Gasteiger partial charge is 0.312 e. The van der Waals surface area contributed by atoms with Crippen molar-refractivity contribution < 1.29 is 4.79 Å². The first-order valence-electron chi connectivity index (χ1n) is 4.76. The van der Waals surface area contributed by atoms with Crippen molar-refractivity contribution in [1.82, 2.24) is 5.32 Å². The van der Waals surface area contributed by atoms with Crippen molar-refractivity contribution in [1.29, 1.82) is 0 Å². The maximum atomic E-state index is 11.1. The second-order valence-corrected chi connectivity index (χ2v) is 4.48. The summed E-state index contributed by atoms with van der Waals surface area (Å²) in [6.45, 7) is 12.6. The first kappa shape index (κ1) is 12.4. The molecule has 0 saturated carbocycles. The summed E-state index contributed by atoms with van der Waals surface area (Å²) >= 11 is 0. The van der Waals surface area contributed by atoms with Crippen molar-refractivity contribution in [3.63, 3.8) is 0 Å². The molecule has 0 heterocycles. The van der Waals surface area contributed by atoms with E-state index in [1.165, 1.54) is 0 Å². The Hall–Kier alpha value is -0.630. The summed E-state index contributed by atoms with van der Waals surface area (Å²) in [7, 11) is 0. The van der Waals surface area contributed by atoms with Crippen molar-refractivity contribution in [2.45, 2.75) is 46.1 Å². The zero-order valence-corrected chi connectivity index (χ0v) is 9.24. The van der Waals surface area contributed by atoms with Crippen LogP contribution in [0.4, 0.5) is 0 Å². The number of nitrogens with one attached hydrogen (secondary N) is 1. The van der Waals surface area contributed by atoms with E-state index in [9.17, 15) is 4.79 Å². The Morgan fingerprint density at radius 2 is 1.92 bits per heavy atom. The average molecular weight is 183 g/mol. The number of rotatable bonds is 5. The predicted molar refractivity (Wildman–Crippen MR) is 56.8 cm³/mol. The molecule has 76 valence electrons. The van der Waals surface area contributed by atoms with E-state index in [2.05, 4.69) is 32.7 Å². The highest BCUT2D eigenvalue weighted by Gasteiger charge is 2.08. The lowest BCUT2D eigenvalue weighted by Crippen LogP contribution is -2.36. The summed E-state index contributed by atoms with van der Waals surface area (Å²) in [6, 6.07) is 0. The predicted octanol–water partition coefficient (Wildman–Crippen LogP) is 2.30. The molecule has 1 N–H and O–H groups in total. The van der Waals surface area contributed by atoms with Gasteiger partial charge >= 0.3 is 0 Å². The first-order valence-corrected chi connectivity index (χ1v) is 4.76. The molecule has 0 aromatic rings. The molecule has 0 aliphatic heterocycles. The summed E-state index contributed by atoms with van der Waals surface area (Å²) < 4.78 is 0. The number of carbonyl (C=O) groups is 1. The lowest BCUT2D eigenvalue weighted by Gasteiger charge is -2.20. The number of Topliss-reactive ketones (excluding diaryl/α,β-unsaturated/α-hetero) is 1. The van der Waals surface area contributed by atoms with Gasteiger partial charge in [0.05, 0.1) is 0 Å². The van der Waals surface area contributed by atoms with Crippen LogP contribution in [0.15, 0.2) is 12.2 Å². The van der Waals surface area contributed by atoms with E-state index in [4.69, 9.17) is 0 Å². The highest BCUT2D eigenvalue weighted by Crippen LogP contribution is 2.01. The van der Waals surface area contributed by atoms with E-state index in [-0.39, 0.29) is 11.3 Å². The zero-order chi connectivity index (χ0) is 10.5. The molecule has 0 rings (SSSR count). The van der Waals surface area contributed by atoms with Gasteiger partial charge in [-0.15, -0.1) is 0 Å². The Labute approximate surface area is 81.4 Å². The molecule has 0 radical (unpaired) electrons. The van der Waals surface area contributed by atoms with Crippen molar-refractivity contribution in [2.75, 3.05) is 6.54 Å². The molecule has 0 aromatic heterocycles. The number of ketones is 1. The topological polar surface area (TPSA) is 29.1 Å². The van der Waals surface area contributed by atoms with E-state index in [1.807, 2.05) is 0 Å². The highest BCUT2D eigenvalue weighted by molar-refractivity contribution is 5.93. The molecule has 0 unspecified atom stereocenters. The Balaban J connectivity index is 3.47. The number of hydrogen-bond donors (Lipinski definition) is 1.